The molecule has 140 valence electrons. The van der Waals surface area contributed by atoms with Gasteiger partial charge in [-0.2, -0.15) is 0 Å². The Kier molecular flexibility index (Phi) is 18.7. The molecule has 0 amide bonds. The molecule has 7 heteroatoms. The monoisotopic (exact) mass is 398 g/mol. The Labute approximate surface area is 165 Å². The molecule has 0 heterocycles. The van der Waals surface area contributed by atoms with Gasteiger partial charge >= 0.3 is 33.9 Å². The number of hydrogen-bond acceptors (Lipinski definition) is 3. The molecular formula is C19H22CrO6. The van der Waals surface area contributed by atoms with Crippen molar-refractivity contribution in [2.45, 2.75) is 26.2 Å². The minimum Gasteiger partial charge on any atom is 0 e. The van der Waals surface area contributed by atoms with Crippen LogP contribution in [0.1, 0.15) is 37.3 Å². The standard InChI is InChI=1S/C16H22O3.3CO.Cr/c1-10-5-6-12(11(2)9-17)13-7-8-14(18-3)16(19-4)15(10)13;3*1-2;/h6-8,10-11,17H,5,9H2,1-4H3;;;;/t10-,11-;;;;/m0..../s1. The van der Waals surface area contributed by atoms with Crippen molar-refractivity contribution in [1.82, 2.24) is 0 Å². The van der Waals surface area contributed by atoms with E-state index in [0.29, 0.717) is 5.92 Å². The third kappa shape index (κ3) is 6.88. The Hall–Kier alpha value is -1.73. The zero-order valence-electron chi connectivity index (χ0n) is 15.2. The molecule has 0 bridgehead atoms. The number of methoxy groups -OCH3 is 2. The van der Waals surface area contributed by atoms with Crippen molar-refractivity contribution in [3.63, 3.8) is 0 Å². The first-order valence-electron chi connectivity index (χ1n) is 7.31. The van der Waals surface area contributed by atoms with Gasteiger partial charge in [0.25, 0.3) is 0 Å². The summed E-state index contributed by atoms with van der Waals surface area (Å²) in [6.45, 7) is 17.9. The van der Waals surface area contributed by atoms with Gasteiger partial charge in [-0.15, -0.1) is 0 Å². The molecule has 6 nitrogen and oxygen atoms in total. The van der Waals surface area contributed by atoms with Crippen molar-refractivity contribution < 1.29 is 45.9 Å². The second-order valence-electron chi connectivity index (χ2n) is 5.14. The quantitative estimate of drug-likeness (QED) is 0.623. The van der Waals surface area contributed by atoms with Crippen LogP contribution >= 0.6 is 0 Å². The molecule has 2 rings (SSSR count). The predicted molar refractivity (Wildman–Crippen MR) is 88.6 cm³/mol. The van der Waals surface area contributed by atoms with Crippen molar-refractivity contribution in [3.8, 4) is 11.5 Å². The van der Waals surface area contributed by atoms with E-state index >= 15 is 0 Å². The predicted octanol–water partition coefficient (Wildman–Crippen LogP) is 3.11. The number of aliphatic hydroxyl groups is 1. The molecule has 0 fully saturated rings. The molecule has 1 aromatic carbocycles. The zero-order chi connectivity index (χ0) is 20.0. The average molecular weight is 398 g/mol. The van der Waals surface area contributed by atoms with Gasteiger partial charge in [0.15, 0.2) is 11.5 Å². The zero-order valence-corrected chi connectivity index (χ0v) is 16.5. The van der Waals surface area contributed by atoms with Gasteiger partial charge in [-0.1, -0.05) is 26.0 Å². The average Bonchev–Trinajstić information content (AvgIpc) is 2.71. The molecule has 1 aliphatic carbocycles. The fraction of sp³-hybridized carbons (Fsp3) is 0.421. The van der Waals surface area contributed by atoms with Crippen LogP contribution in [0.5, 0.6) is 11.5 Å². The number of allylic oxidation sites excluding steroid dienone is 1. The van der Waals surface area contributed by atoms with Crippen molar-refractivity contribution in [2.24, 2.45) is 5.92 Å². The summed E-state index contributed by atoms with van der Waals surface area (Å²) in [5.74, 6) is 2.13. The third-order valence-electron chi connectivity index (χ3n) is 3.88. The molecule has 1 aromatic rings. The molecule has 0 radical (unpaired) electrons. The maximum Gasteiger partial charge on any atom is 0 e. The fourth-order valence-electron chi connectivity index (χ4n) is 2.79. The fourth-order valence-corrected chi connectivity index (χ4v) is 2.79. The van der Waals surface area contributed by atoms with E-state index in [1.54, 1.807) is 14.2 Å². The number of ether oxygens (including phenoxy) is 2. The summed E-state index contributed by atoms with van der Waals surface area (Å²) in [6, 6.07) is 4.01. The minimum atomic E-state index is 0. The van der Waals surface area contributed by atoms with E-state index in [9.17, 15) is 5.11 Å². The Morgan fingerprint density at radius 2 is 1.65 bits per heavy atom. The molecule has 1 aliphatic rings. The van der Waals surface area contributed by atoms with Gasteiger partial charge < -0.3 is 14.6 Å². The van der Waals surface area contributed by atoms with E-state index in [1.165, 1.54) is 16.7 Å². The van der Waals surface area contributed by atoms with Crippen LogP contribution in [-0.4, -0.2) is 25.9 Å². The Morgan fingerprint density at radius 3 is 2.08 bits per heavy atom. The maximum atomic E-state index is 9.41. The van der Waals surface area contributed by atoms with Crippen molar-refractivity contribution in [1.29, 1.82) is 0 Å². The van der Waals surface area contributed by atoms with Gasteiger partial charge in [0.1, 0.15) is 0 Å². The largest absolute Gasteiger partial charge is 0 e. The van der Waals surface area contributed by atoms with Crippen molar-refractivity contribution >= 4 is 5.57 Å². The van der Waals surface area contributed by atoms with E-state index in [2.05, 4.69) is 39.0 Å². The second-order valence-corrected chi connectivity index (χ2v) is 5.14. The number of aliphatic hydroxyl groups excluding tert-OH is 1. The molecule has 1 N–H and O–H groups in total. The molecule has 0 saturated heterocycles. The van der Waals surface area contributed by atoms with Crippen LogP contribution in [0.2, 0.25) is 0 Å². The smallest absolute Gasteiger partial charge is 0 e. The summed E-state index contributed by atoms with van der Waals surface area (Å²) in [6.07, 6.45) is 3.20. The van der Waals surface area contributed by atoms with Gasteiger partial charge in [-0.25, -0.2) is 0 Å². The Morgan fingerprint density at radius 1 is 1.12 bits per heavy atom. The van der Waals surface area contributed by atoms with Crippen LogP contribution in [0.3, 0.4) is 0 Å². The van der Waals surface area contributed by atoms with Gasteiger partial charge in [0.2, 0.25) is 0 Å². The van der Waals surface area contributed by atoms with Gasteiger partial charge in [0, 0.05) is 35.4 Å². The van der Waals surface area contributed by atoms with Crippen molar-refractivity contribution in [3.05, 3.63) is 49.3 Å². The van der Waals surface area contributed by atoms with Crippen LogP contribution < -0.4 is 9.47 Å². The SMILES string of the molecule is COc1ccc2c(c1OC)[C@@H](C)CC=C2[C@@H](C)CO.[C-]#[O+].[C-]#[O+].[C-]#[O+].[Cr]. The molecule has 0 saturated carbocycles. The summed E-state index contributed by atoms with van der Waals surface area (Å²) >= 11 is 0. The first-order chi connectivity index (χ1) is 12.1. The molecule has 0 spiro atoms. The first-order valence-corrected chi connectivity index (χ1v) is 7.31. The van der Waals surface area contributed by atoms with Crippen LogP contribution in [-0.2, 0) is 31.3 Å². The number of benzene rings is 1. The summed E-state index contributed by atoms with van der Waals surface area (Å²) in [7, 11) is 3.34. The number of rotatable bonds is 4. The van der Waals surface area contributed by atoms with E-state index < -0.39 is 0 Å². The topological polar surface area (TPSA) is 98.4 Å². The molecule has 0 unspecified atom stereocenters. The summed E-state index contributed by atoms with van der Waals surface area (Å²) in [5.41, 5.74) is 3.58. The molecular weight excluding hydrogens is 376 g/mol. The molecule has 2 atom stereocenters. The first kappa shape index (κ1) is 29.1. The van der Waals surface area contributed by atoms with E-state index in [1.807, 2.05) is 13.0 Å². The van der Waals surface area contributed by atoms with Crippen LogP contribution in [0.4, 0.5) is 0 Å². The summed E-state index contributed by atoms with van der Waals surface area (Å²) in [4.78, 5) is 0. The summed E-state index contributed by atoms with van der Waals surface area (Å²) < 4.78 is 33.4. The number of hydrogen-bond donors (Lipinski definition) is 1. The van der Waals surface area contributed by atoms with Crippen LogP contribution in [0.15, 0.2) is 18.2 Å². The third-order valence-corrected chi connectivity index (χ3v) is 3.88. The van der Waals surface area contributed by atoms with Crippen molar-refractivity contribution in [2.75, 3.05) is 20.8 Å². The Balaban J connectivity index is -0.000000686. The normalized spacial score (nSPS) is 14.4. The second kappa shape index (κ2) is 16.7. The maximum absolute atomic E-state index is 9.41. The molecule has 0 aliphatic heterocycles. The van der Waals surface area contributed by atoms with E-state index in [-0.39, 0.29) is 29.9 Å². The Bertz CT molecular complexity index is 604. The van der Waals surface area contributed by atoms with Crippen LogP contribution in [0, 0.1) is 25.9 Å². The van der Waals surface area contributed by atoms with E-state index in [4.69, 9.17) is 23.4 Å². The number of fused-ring (bicyclic) bond motifs is 1. The van der Waals surface area contributed by atoms with Gasteiger partial charge in [-0.05, 0) is 29.5 Å². The van der Waals surface area contributed by atoms with E-state index in [0.717, 1.165) is 17.9 Å². The minimum absolute atomic E-state index is 0. The molecule has 0 aromatic heterocycles. The van der Waals surface area contributed by atoms with Gasteiger partial charge in [-0.3, -0.25) is 0 Å². The van der Waals surface area contributed by atoms with Gasteiger partial charge in [0.05, 0.1) is 14.2 Å². The van der Waals surface area contributed by atoms with Crippen LogP contribution in [0.25, 0.3) is 5.57 Å². The molecule has 26 heavy (non-hydrogen) atoms. The summed E-state index contributed by atoms with van der Waals surface area (Å²) in [5, 5.41) is 9.41.